The first-order chi connectivity index (χ1) is 15.0. The molecular formula is C25H21FO5. The van der Waals surface area contributed by atoms with Gasteiger partial charge in [0.1, 0.15) is 35.4 Å². The first kappa shape index (κ1) is 20.5. The van der Waals surface area contributed by atoms with Crippen molar-refractivity contribution in [2.45, 2.75) is 13.5 Å². The van der Waals surface area contributed by atoms with E-state index in [1.165, 1.54) is 12.1 Å². The summed E-state index contributed by atoms with van der Waals surface area (Å²) in [6.45, 7) is 2.11. The zero-order valence-electron chi connectivity index (χ0n) is 17.4. The van der Waals surface area contributed by atoms with Gasteiger partial charge in [0.15, 0.2) is 5.76 Å². The van der Waals surface area contributed by atoms with Crippen molar-refractivity contribution in [3.63, 3.8) is 0 Å². The molecule has 0 saturated carbocycles. The Morgan fingerprint density at radius 3 is 2.45 bits per heavy atom. The van der Waals surface area contributed by atoms with Crippen LogP contribution in [0.5, 0.6) is 23.0 Å². The highest BCUT2D eigenvalue weighted by Crippen LogP contribution is 2.38. The number of carbonyl (C=O) groups excluding carboxylic acids is 1. The van der Waals surface area contributed by atoms with Crippen molar-refractivity contribution in [2.24, 2.45) is 0 Å². The number of methoxy groups -OCH3 is 2. The Kier molecular flexibility index (Phi) is 5.62. The first-order valence-electron chi connectivity index (χ1n) is 9.66. The number of benzene rings is 3. The minimum absolute atomic E-state index is 0.199. The average Bonchev–Trinajstić information content (AvgIpc) is 3.09. The van der Waals surface area contributed by atoms with E-state index < -0.39 is 0 Å². The number of Topliss-reactive ketones (excluding diaryl/α,β-unsaturated/α-hetero) is 1. The third-order valence-corrected chi connectivity index (χ3v) is 4.99. The molecule has 6 heteroatoms. The van der Waals surface area contributed by atoms with Crippen molar-refractivity contribution in [3.05, 3.63) is 88.4 Å². The molecule has 0 amide bonds. The Balaban J connectivity index is 1.58. The Bertz CT molecular complexity index is 1170. The van der Waals surface area contributed by atoms with Crippen LogP contribution in [-0.4, -0.2) is 20.0 Å². The fourth-order valence-corrected chi connectivity index (χ4v) is 3.39. The molecule has 1 aliphatic rings. The van der Waals surface area contributed by atoms with E-state index in [0.717, 1.165) is 11.1 Å². The molecule has 1 heterocycles. The molecule has 0 fully saturated rings. The summed E-state index contributed by atoms with van der Waals surface area (Å²) in [6.07, 6.45) is 1.65. The third kappa shape index (κ3) is 4.23. The minimum Gasteiger partial charge on any atom is -0.497 e. The normalized spacial score (nSPS) is 13.7. The van der Waals surface area contributed by atoms with Gasteiger partial charge in [0.05, 0.1) is 19.8 Å². The van der Waals surface area contributed by atoms with Gasteiger partial charge >= 0.3 is 0 Å². The zero-order chi connectivity index (χ0) is 22.0. The smallest absolute Gasteiger partial charge is 0.232 e. The molecule has 4 rings (SSSR count). The van der Waals surface area contributed by atoms with Gasteiger partial charge in [-0.2, -0.15) is 0 Å². The first-order valence-corrected chi connectivity index (χ1v) is 9.66. The summed E-state index contributed by atoms with van der Waals surface area (Å²) < 4.78 is 35.4. The van der Waals surface area contributed by atoms with Gasteiger partial charge in [0.25, 0.3) is 0 Å². The molecule has 3 aromatic carbocycles. The van der Waals surface area contributed by atoms with E-state index in [9.17, 15) is 9.18 Å². The highest BCUT2D eigenvalue weighted by Gasteiger charge is 2.30. The van der Waals surface area contributed by atoms with Crippen LogP contribution < -0.4 is 18.9 Å². The number of rotatable bonds is 6. The minimum atomic E-state index is -0.295. The molecule has 0 unspecified atom stereocenters. The summed E-state index contributed by atoms with van der Waals surface area (Å²) in [5.41, 5.74) is 2.79. The van der Waals surface area contributed by atoms with Crippen molar-refractivity contribution in [2.75, 3.05) is 14.2 Å². The second-order valence-electron chi connectivity index (χ2n) is 7.08. The molecule has 1 aliphatic heterocycles. The fourth-order valence-electron chi connectivity index (χ4n) is 3.39. The fraction of sp³-hybridized carbons (Fsp3) is 0.160. The summed E-state index contributed by atoms with van der Waals surface area (Å²) in [4.78, 5) is 12.9. The molecule has 0 atom stereocenters. The monoisotopic (exact) mass is 420 g/mol. The summed E-state index contributed by atoms with van der Waals surface area (Å²) >= 11 is 0. The van der Waals surface area contributed by atoms with E-state index in [2.05, 4.69) is 0 Å². The van der Waals surface area contributed by atoms with Crippen molar-refractivity contribution in [1.82, 2.24) is 0 Å². The number of carbonyl (C=O) groups is 1. The SMILES string of the molecule is COc1ccc(/C=C2\Oc3cc(OCc4ccc(F)cc4)cc(C)c3C2=O)c(OC)c1. The third-order valence-electron chi connectivity index (χ3n) is 4.99. The standard InChI is InChI=1S/C25H21FO5/c1-15-10-20(30-14-16-4-7-18(26)8-5-16)13-22-24(15)25(27)23(31-22)11-17-6-9-19(28-2)12-21(17)29-3/h4-13H,14H2,1-3H3/b23-11-. The quantitative estimate of drug-likeness (QED) is 0.504. The van der Waals surface area contributed by atoms with E-state index in [1.807, 2.05) is 6.92 Å². The van der Waals surface area contributed by atoms with Crippen LogP contribution in [0.4, 0.5) is 4.39 Å². The van der Waals surface area contributed by atoms with Gasteiger partial charge in [0.2, 0.25) is 5.78 Å². The number of ketones is 1. The van der Waals surface area contributed by atoms with Crippen LogP contribution in [0.25, 0.3) is 6.08 Å². The zero-order valence-corrected chi connectivity index (χ0v) is 17.4. The maximum absolute atomic E-state index is 13.1. The molecule has 3 aromatic rings. The second kappa shape index (κ2) is 8.52. The van der Waals surface area contributed by atoms with Crippen LogP contribution in [0, 0.1) is 12.7 Å². The van der Waals surface area contributed by atoms with Gasteiger partial charge in [-0.05, 0) is 54.5 Å². The lowest BCUT2D eigenvalue weighted by Crippen LogP contribution is -2.00. The number of aryl methyl sites for hydroxylation is 1. The lowest BCUT2D eigenvalue weighted by Gasteiger charge is -2.09. The number of fused-ring (bicyclic) bond motifs is 1. The summed E-state index contributed by atoms with van der Waals surface area (Å²) in [5, 5.41) is 0. The lowest BCUT2D eigenvalue weighted by molar-refractivity contribution is 0.101. The molecule has 0 bridgehead atoms. The van der Waals surface area contributed by atoms with Gasteiger partial charge in [-0.15, -0.1) is 0 Å². The van der Waals surface area contributed by atoms with Crippen LogP contribution in [0.3, 0.4) is 0 Å². The summed E-state index contributed by atoms with van der Waals surface area (Å²) in [6, 6.07) is 14.9. The highest BCUT2D eigenvalue weighted by atomic mass is 19.1. The van der Waals surface area contributed by atoms with Gasteiger partial charge in [-0.25, -0.2) is 4.39 Å². The van der Waals surface area contributed by atoms with Crippen LogP contribution >= 0.6 is 0 Å². The maximum atomic E-state index is 13.1. The molecule has 0 N–H and O–H groups in total. The number of allylic oxidation sites excluding steroid dienone is 1. The van der Waals surface area contributed by atoms with Crippen molar-refractivity contribution >= 4 is 11.9 Å². The predicted octanol–water partition coefficient (Wildman–Crippen LogP) is 5.35. The largest absolute Gasteiger partial charge is 0.497 e. The second-order valence-corrected chi connectivity index (χ2v) is 7.08. The molecule has 5 nitrogen and oxygen atoms in total. The number of hydrogen-bond donors (Lipinski definition) is 0. The van der Waals surface area contributed by atoms with Crippen LogP contribution in [0.1, 0.15) is 27.0 Å². The average molecular weight is 420 g/mol. The van der Waals surface area contributed by atoms with Gasteiger partial charge < -0.3 is 18.9 Å². The van der Waals surface area contributed by atoms with Gasteiger partial charge in [-0.3, -0.25) is 4.79 Å². The van der Waals surface area contributed by atoms with Gasteiger partial charge in [-0.1, -0.05) is 12.1 Å². The molecule has 0 spiro atoms. The van der Waals surface area contributed by atoms with Crippen LogP contribution in [0.15, 0.2) is 60.4 Å². The van der Waals surface area contributed by atoms with E-state index in [4.69, 9.17) is 18.9 Å². The predicted molar refractivity (Wildman–Crippen MR) is 114 cm³/mol. The van der Waals surface area contributed by atoms with Crippen LogP contribution in [0.2, 0.25) is 0 Å². The molecule has 0 aromatic heterocycles. The lowest BCUT2D eigenvalue weighted by atomic mass is 10.0. The van der Waals surface area contributed by atoms with E-state index in [1.54, 1.807) is 62.8 Å². The summed E-state index contributed by atoms with van der Waals surface area (Å²) in [5.74, 6) is 1.94. The molecule has 0 saturated heterocycles. The Morgan fingerprint density at radius 1 is 0.968 bits per heavy atom. The topological polar surface area (TPSA) is 54.0 Å². The van der Waals surface area contributed by atoms with Crippen LogP contribution in [-0.2, 0) is 6.61 Å². The van der Waals surface area contributed by atoms with Crippen molar-refractivity contribution in [3.8, 4) is 23.0 Å². The Labute approximate surface area is 179 Å². The van der Waals surface area contributed by atoms with Gasteiger partial charge in [0, 0.05) is 17.7 Å². The van der Waals surface area contributed by atoms with E-state index >= 15 is 0 Å². The Hall–Kier alpha value is -3.80. The molecular weight excluding hydrogens is 399 g/mol. The highest BCUT2D eigenvalue weighted by molar-refractivity contribution is 6.15. The molecule has 0 aliphatic carbocycles. The number of hydrogen-bond acceptors (Lipinski definition) is 5. The van der Waals surface area contributed by atoms with Crippen molar-refractivity contribution in [1.29, 1.82) is 0 Å². The van der Waals surface area contributed by atoms with E-state index in [0.29, 0.717) is 34.1 Å². The Morgan fingerprint density at radius 2 is 1.74 bits per heavy atom. The molecule has 158 valence electrons. The summed E-state index contributed by atoms with van der Waals surface area (Å²) in [7, 11) is 3.13. The van der Waals surface area contributed by atoms with Crippen molar-refractivity contribution < 1.29 is 28.1 Å². The number of halogens is 1. The number of ether oxygens (including phenoxy) is 4. The molecule has 31 heavy (non-hydrogen) atoms. The maximum Gasteiger partial charge on any atom is 0.232 e. The van der Waals surface area contributed by atoms with E-state index in [-0.39, 0.29) is 24.0 Å². The molecule has 0 radical (unpaired) electrons.